The van der Waals surface area contributed by atoms with Crippen molar-refractivity contribution in [2.45, 2.75) is 31.1 Å². The molecule has 3 heteroatoms. The summed E-state index contributed by atoms with van der Waals surface area (Å²) in [5, 5.41) is 3.52. The molecule has 7 rings (SSSR count). The van der Waals surface area contributed by atoms with Gasteiger partial charge in [-0.2, -0.15) is 0 Å². The molecule has 3 nitrogen and oxygen atoms in total. The number of aromatic nitrogens is 1. The highest BCUT2D eigenvalue weighted by atomic mass is 16.5. The number of ether oxygens (including phenoxy) is 1. The van der Waals surface area contributed by atoms with Crippen molar-refractivity contribution >= 4 is 27.6 Å². The summed E-state index contributed by atoms with van der Waals surface area (Å²) in [6, 6.07) is 43.7. The zero-order chi connectivity index (χ0) is 26.9. The van der Waals surface area contributed by atoms with E-state index in [1.165, 1.54) is 33.0 Å². The quantitative estimate of drug-likeness (QED) is 0.156. The van der Waals surface area contributed by atoms with E-state index in [1.807, 2.05) is 36.4 Å². The molecule has 5 aromatic carbocycles. The number of para-hydroxylation sites is 2. The zero-order valence-electron chi connectivity index (χ0n) is 22.2. The van der Waals surface area contributed by atoms with Gasteiger partial charge in [0.25, 0.3) is 0 Å². The van der Waals surface area contributed by atoms with Gasteiger partial charge in [-0.15, -0.1) is 0 Å². The van der Waals surface area contributed by atoms with Gasteiger partial charge in [-0.1, -0.05) is 103 Å². The first-order chi connectivity index (χ1) is 19.7. The van der Waals surface area contributed by atoms with Gasteiger partial charge >= 0.3 is 5.97 Å². The van der Waals surface area contributed by atoms with Gasteiger partial charge in [-0.25, -0.2) is 4.98 Å². The van der Waals surface area contributed by atoms with Crippen LogP contribution in [0.25, 0.3) is 32.9 Å². The fourth-order valence-corrected chi connectivity index (χ4v) is 6.39. The Hall–Kier alpha value is -4.76. The summed E-state index contributed by atoms with van der Waals surface area (Å²) in [5.74, 6) is 0.367. The van der Waals surface area contributed by atoms with Crippen molar-refractivity contribution < 1.29 is 9.53 Å². The Labute approximate surface area is 234 Å². The van der Waals surface area contributed by atoms with Crippen LogP contribution in [0.2, 0.25) is 0 Å². The summed E-state index contributed by atoms with van der Waals surface area (Å²) in [7, 11) is 0. The van der Waals surface area contributed by atoms with E-state index in [1.54, 1.807) is 0 Å². The molecule has 0 amide bonds. The number of hydrogen-bond donors (Lipinski definition) is 0. The molecule has 0 aliphatic heterocycles. The third kappa shape index (κ3) is 4.24. The Kier molecular flexibility index (Phi) is 6.13. The maximum atomic E-state index is 13.2. The number of esters is 1. The van der Waals surface area contributed by atoms with Gasteiger partial charge in [-0.3, -0.25) is 4.79 Å². The Morgan fingerprint density at radius 1 is 0.675 bits per heavy atom. The lowest BCUT2D eigenvalue weighted by Crippen LogP contribution is -2.28. The van der Waals surface area contributed by atoms with E-state index in [0.29, 0.717) is 18.6 Å². The average molecular weight is 520 g/mol. The van der Waals surface area contributed by atoms with Gasteiger partial charge in [0.05, 0.1) is 11.2 Å². The Bertz CT molecular complexity index is 1850. The molecule has 0 bridgehead atoms. The van der Waals surface area contributed by atoms with E-state index < -0.39 is 0 Å². The van der Waals surface area contributed by atoms with E-state index in [2.05, 4.69) is 91.0 Å². The lowest BCUT2D eigenvalue weighted by molar-refractivity contribution is -0.134. The molecule has 40 heavy (non-hydrogen) atoms. The third-order valence-corrected chi connectivity index (χ3v) is 8.34. The van der Waals surface area contributed by atoms with Crippen LogP contribution in [0.3, 0.4) is 0 Å². The van der Waals surface area contributed by atoms with E-state index in [9.17, 15) is 4.79 Å². The van der Waals surface area contributed by atoms with Crippen LogP contribution in [-0.4, -0.2) is 11.0 Å². The highest BCUT2D eigenvalue weighted by Crippen LogP contribution is 2.55. The van der Waals surface area contributed by atoms with Crippen LogP contribution in [0.5, 0.6) is 5.75 Å². The van der Waals surface area contributed by atoms with Gasteiger partial charge in [-0.05, 0) is 71.0 Å². The lowest BCUT2D eigenvalue weighted by Gasteiger charge is -2.32. The van der Waals surface area contributed by atoms with Gasteiger partial charge in [0.15, 0.2) is 0 Å². The summed E-state index contributed by atoms with van der Waals surface area (Å²) < 4.78 is 5.74. The van der Waals surface area contributed by atoms with Gasteiger partial charge in [0, 0.05) is 22.8 Å². The number of rotatable bonds is 7. The summed E-state index contributed by atoms with van der Waals surface area (Å²) in [6.07, 6.45) is 2.72. The highest BCUT2D eigenvalue weighted by molar-refractivity contribution is 6.03. The predicted molar refractivity (Wildman–Crippen MR) is 162 cm³/mol. The molecule has 0 saturated carbocycles. The topological polar surface area (TPSA) is 39.2 Å². The van der Waals surface area contributed by atoms with Gasteiger partial charge < -0.3 is 4.74 Å². The normalized spacial score (nSPS) is 15.6. The van der Waals surface area contributed by atoms with Crippen LogP contribution in [0, 0.1) is 0 Å². The van der Waals surface area contributed by atoms with Crippen LogP contribution < -0.4 is 4.74 Å². The minimum atomic E-state index is -0.378. The van der Waals surface area contributed by atoms with Crippen LogP contribution in [0.4, 0.5) is 0 Å². The molecule has 6 aromatic rings. The smallest absolute Gasteiger partial charge is 0.311 e. The standard InChI is InChI=1S/C37H29NO2/c39-34(40-29-15-5-2-6-16-29)22-24-37(23-21-26-11-3-1-4-12-26)31-20-19-27-13-7-9-17-30(27)35(31)36-32(37)25-28-14-8-10-18-33(28)38-36/h1-20,25H,21-24H2. The number of pyridine rings is 1. The lowest BCUT2D eigenvalue weighted by atomic mass is 9.70. The average Bonchev–Trinajstić information content (AvgIpc) is 3.28. The van der Waals surface area contributed by atoms with Gasteiger partial charge in [0.1, 0.15) is 5.75 Å². The first-order valence-corrected chi connectivity index (χ1v) is 13.9. The molecular weight excluding hydrogens is 490 g/mol. The van der Waals surface area contributed by atoms with E-state index in [-0.39, 0.29) is 11.4 Å². The van der Waals surface area contributed by atoms with Crippen LogP contribution in [-0.2, 0) is 16.6 Å². The SMILES string of the molecule is O=C(CCC1(CCc2ccccc2)c2cc3ccccc3nc2-c2c1ccc1ccccc21)Oc1ccccc1. The number of fused-ring (bicyclic) bond motifs is 6. The fraction of sp³-hybridized carbons (Fsp3) is 0.135. The third-order valence-electron chi connectivity index (χ3n) is 8.34. The minimum absolute atomic E-state index is 0.213. The zero-order valence-corrected chi connectivity index (χ0v) is 22.2. The number of benzene rings is 5. The highest BCUT2D eigenvalue weighted by Gasteiger charge is 2.45. The van der Waals surface area contributed by atoms with Crippen LogP contribution in [0.15, 0.2) is 127 Å². The summed E-state index contributed by atoms with van der Waals surface area (Å²) in [6.45, 7) is 0. The van der Waals surface area contributed by atoms with Crippen molar-refractivity contribution in [1.82, 2.24) is 4.98 Å². The first-order valence-electron chi connectivity index (χ1n) is 13.9. The summed E-state index contributed by atoms with van der Waals surface area (Å²) >= 11 is 0. The van der Waals surface area contributed by atoms with Crippen molar-refractivity contribution in [3.05, 3.63) is 144 Å². The fourth-order valence-electron chi connectivity index (χ4n) is 6.39. The summed E-state index contributed by atoms with van der Waals surface area (Å²) in [4.78, 5) is 18.5. The number of nitrogens with zero attached hydrogens (tertiary/aromatic N) is 1. The van der Waals surface area contributed by atoms with Crippen molar-refractivity contribution in [2.24, 2.45) is 0 Å². The maximum Gasteiger partial charge on any atom is 0.311 e. The monoisotopic (exact) mass is 519 g/mol. The van der Waals surface area contributed by atoms with Crippen LogP contribution in [0.1, 0.15) is 36.0 Å². The molecule has 1 atom stereocenters. The molecule has 1 aromatic heterocycles. The van der Waals surface area contributed by atoms with Crippen molar-refractivity contribution in [1.29, 1.82) is 0 Å². The number of aryl methyl sites for hydroxylation is 1. The van der Waals surface area contributed by atoms with E-state index in [4.69, 9.17) is 9.72 Å². The molecule has 0 spiro atoms. The molecule has 0 fully saturated rings. The Morgan fingerprint density at radius 3 is 2.20 bits per heavy atom. The largest absolute Gasteiger partial charge is 0.427 e. The second-order valence-corrected chi connectivity index (χ2v) is 10.6. The van der Waals surface area contributed by atoms with Crippen molar-refractivity contribution in [3.8, 4) is 17.0 Å². The second-order valence-electron chi connectivity index (χ2n) is 10.6. The molecular formula is C37H29NO2. The summed E-state index contributed by atoms with van der Waals surface area (Å²) in [5.41, 5.74) is 6.60. The molecule has 1 aliphatic rings. The molecule has 0 radical (unpaired) electrons. The van der Waals surface area contributed by atoms with Gasteiger partial charge in [0.2, 0.25) is 0 Å². The molecule has 0 saturated heterocycles. The molecule has 0 N–H and O–H groups in total. The minimum Gasteiger partial charge on any atom is -0.427 e. The number of hydrogen-bond acceptors (Lipinski definition) is 3. The Morgan fingerprint density at radius 2 is 1.38 bits per heavy atom. The molecule has 194 valence electrons. The van der Waals surface area contributed by atoms with Crippen molar-refractivity contribution in [3.63, 3.8) is 0 Å². The molecule has 1 heterocycles. The van der Waals surface area contributed by atoms with E-state index in [0.717, 1.165) is 29.4 Å². The number of carbonyl (C=O) groups excluding carboxylic acids is 1. The first kappa shape index (κ1) is 24.3. The van der Waals surface area contributed by atoms with Crippen molar-refractivity contribution in [2.75, 3.05) is 0 Å². The Balaban J connectivity index is 1.39. The van der Waals surface area contributed by atoms with Crippen LogP contribution >= 0.6 is 0 Å². The molecule has 1 unspecified atom stereocenters. The second kappa shape index (κ2) is 10.1. The van der Waals surface area contributed by atoms with E-state index >= 15 is 0 Å². The number of carbonyl (C=O) groups is 1. The predicted octanol–water partition coefficient (Wildman–Crippen LogP) is 8.67. The molecule has 1 aliphatic carbocycles. The maximum absolute atomic E-state index is 13.2.